The largest absolute Gasteiger partial charge is 0.451 e. The summed E-state index contributed by atoms with van der Waals surface area (Å²) in [6.07, 6.45) is 1.34. The average molecular weight is 375 g/mol. The molecule has 28 heavy (non-hydrogen) atoms. The lowest BCUT2D eigenvalue weighted by Crippen LogP contribution is -2.48. The van der Waals surface area contributed by atoms with Gasteiger partial charge in [-0.05, 0) is 31.0 Å². The number of fused-ring (bicyclic) bond motifs is 3. The number of esters is 1. The van der Waals surface area contributed by atoms with Crippen molar-refractivity contribution in [2.24, 2.45) is 0 Å². The molecule has 3 heterocycles. The predicted octanol–water partition coefficient (Wildman–Crippen LogP) is 3.09. The van der Waals surface area contributed by atoms with E-state index in [-0.39, 0.29) is 29.6 Å². The molecule has 0 N–H and O–H groups in total. The molecule has 1 saturated heterocycles. The molecule has 1 aromatic heterocycles. The Morgan fingerprint density at radius 1 is 1.04 bits per heavy atom. The summed E-state index contributed by atoms with van der Waals surface area (Å²) < 4.78 is 11.4. The number of rotatable bonds is 1. The minimum absolute atomic E-state index is 0.00152. The van der Waals surface area contributed by atoms with Crippen molar-refractivity contribution in [3.05, 3.63) is 81.7 Å². The molecule has 1 atom stereocenters. The Morgan fingerprint density at radius 3 is 2.71 bits per heavy atom. The fourth-order valence-corrected chi connectivity index (χ4v) is 4.21. The van der Waals surface area contributed by atoms with Crippen molar-refractivity contribution in [3.8, 4) is 0 Å². The zero-order valence-electron chi connectivity index (χ0n) is 15.0. The molecule has 6 nitrogen and oxygen atoms in total. The average Bonchev–Trinajstić information content (AvgIpc) is 2.99. The first-order valence-corrected chi connectivity index (χ1v) is 9.22. The van der Waals surface area contributed by atoms with E-state index in [2.05, 4.69) is 0 Å². The van der Waals surface area contributed by atoms with E-state index >= 15 is 0 Å². The number of carbonyl (C=O) groups is 2. The van der Waals surface area contributed by atoms with Crippen LogP contribution in [0.2, 0.25) is 0 Å². The molecule has 2 aromatic carbocycles. The topological polar surface area (TPSA) is 76.8 Å². The van der Waals surface area contributed by atoms with Crippen LogP contribution in [0.15, 0.2) is 63.8 Å². The van der Waals surface area contributed by atoms with Crippen LogP contribution in [0.1, 0.15) is 39.3 Å². The third-order valence-corrected chi connectivity index (χ3v) is 5.51. The highest BCUT2D eigenvalue weighted by atomic mass is 16.6. The maximum atomic E-state index is 13.1. The number of benzene rings is 2. The monoisotopic (exact) mass is 375 g/mol. The van der Waals surface area contributed by atoms with Gasteiger partial charge in [-0.15, -0.1) is 0 Å². The maximum Gasteiger partial charge on any atom is 0.339 e. The minimum Gasteiger partial charge on any atom is -0.451 e. The van der Waals surface area contributed by atoms with Gasteiger partial charge in [-0.2, -0.15) is 0 Å². The third-order valence-electron chi connectivity index (χ3n) is 5.51. The quantitative estimate of drug-likeness (QED) is 0.611. The molecule has 0 saturated carbocycles. The van der Waals surface area contributed by atoms with Gasteiger partial charge in [-0.1, -0.05) is 30.3 Å². The lowest BCUT2D eigenvalue weighted by molar-refractivity contribution is -0.0446. The summed E-state index contributed by atoms with van der Waals surface area (Å²) in [5, 5.41) is 0.438. The predicted molar refractivity (Wildman–Crippen MR) is 101 cm³/mol. The van der Waals surface area contributed by atoms with Crippen molar-refractivity contribution < 1.29 is 18.7 Å². The van der Waals surface area contributed by atoms with Gasteiger partial charge in [0.25, 0.3) is 5.91 Å². The summed E-state index contributed by atoms with van der Waals surface area (Å²) in [7, 11) is 0. The Labute approximate surface area is 160 Å². The summed E-state index contributed by atoms with van der Waals surface area (Å²) >= 11 is 0. The molecule has 5 rings (SSSR count). The first kappa shape index (κ1) is 16.7. The molecular formula is C22H17NO5. The van der Waals surface area contributed by atoms with Gasteiger partial charge in [0.05, 0.1) is 17.5 Å². The number of amides is 1. The van der Waals surface area contributed by atoms with Crippen molar-refractivity contribution >= 4 is 22.8 Å². The minimum atomic E-state index is -0.835. The van der Waals surface area contributed by atoms with Gasteiger partial charge in [-0.25, -0.2) is 4.79 Å². The van der Waals surface area contributed by atoms with Crippen LogP contribution in [0, 0.1) is 0 Å². The van der Waals surface area contributed by atoms with Gasteiger partial charge in [0.2, 0.25) is 0 Å². The first-order valence-electron chi connectivity index (χ1n) is 9.22. The molecule has 2 aliphatic rings. The fourth-order valence-electron chi connectivity index (χ4n) is 4.21. The van der Waals surface area contributed by atoms with Crippen molar-refractivity contribution in [2.45, 2.75) is 18.4 Å². The van der Waals surface area contributed by atoms with Crippen molar-refractivity contribution in [1.29, 1.82) is 0 Å². The SMILES string of the molecule is O=C1OC2(CCCN(C(=O)c3cc(=O)c4ccccc4o3)C2)c2ccccc21. The van der Waals surface area contributed by atoms with Crippen LogP contribution in [-0.2, 0) is 10.3 Å². The van der Waals surface area contributed by atoms with E-state index in [0.717, 1.165) is 5.56 Å². The van der Waals surface area contributed by atoms with Gasteiger partial charge in [-0.3, -0.25) is 9.59 Å². The second-order valence-corrected chi connectivity index (χ2v) is 7.23. The van der Waals surface area contributed by atoms with Crippen LogP contribution >= 0.6 is 0 Å². The zero-order chi connectivity index (χ0) is 19.3. The lowest BCUT2D eigenvalue weighted by Gasteiger charge is -2.39. The molecule has 1 unspecified atom stereocenters. The van der Waals surface area contributed by atoms with Crippen LogP contribution in [-0.4, -0.2) is 29.9 Å². The third kappa shape index (κ3) is 2.45. The number of para-hydroxylation sites is 1. The molecule has 2 aliphatic heterocycles. The highest BCUT2D eigenvalue weighted by Gasteiger charge is 2.49. The number of ether oxygens (including phenoxy) is 1. The normalized spacial score (nSPS) is 21.0. The van der Waals surface area contributed by atoms with Gasteiger partial charge < -0.3 is 14.1 Å². The van der Waals surface area contributed by atoms with Gasteiger partial charge in [0.15, 0.2) is 16.8 Å². The van der Waals surface area contributed by atoms with E-state index in [1.165, 1.54) is 6.07 Å². The molecule has 3 aromatic rings. The van der Waals surface area contributed by atoms with Crippen molar-refractivity contribution in [1.82, 2.24) is 4.90 Å². The van der Waals surface area contributed by atoms with Gasteiger partial charge in [0, 0.05) is 18.2 Å². The zero-order valence-corrected chi connectivity index (χ0v) is 15.0. The molecule has 1 amide bonds. The molecule has 6 heteroatoms. The van der Waals surface area contributed by atoms with Gasteiger partial charge >= 0.3 is 5.97 Å². The van der Waals surface area contributed by atoms with E-state index in [9.17, 15) is 14.4 Å². The number of nitrogens with zero attached hydrogens (tertiary/aromatic N) is 1. The lowest BCUT2D eigenvalue weighted by atomic mass is 9.85. The van der Waals surface area contributed by atoms with E-state index in [1.807, 2.05) is 12.1 Å². The van der Waals surface area contributed by atoms with Crippen LogP contribution in [0.4, 0.5) is 0 Å². The van der Waals surface area contributed by atoms with E-state index in [1.54, 1.807) is 41.3 Å². The maximum absolute atomic E-state index is 13.1. The number of hydrogen-bond acceptors (Lipinski definition) is 5. The Bertz CT molecular complexity index is 1180. The summed E-state index contributed by atoms with van der Waals surface area (Å²) in [5.41, 5.74) is 0.655. The standard InChI is InChI=1S/C22H17NO5/c24-17-12-19(27-18-9-4-2-7-15(17)18)20(25)23-11-5-10-22(13-23)16-8-3-1-6-14(16)21(26)28-22/h1-4,6-9,12H,5,10-11,13H2. The molecule has 0 aliphatic carbocycles. The molecule has 1 spiro atoms. The van der Waals surface area contributed by atoms with Crippen LogP contribution in [0.25, 0.3) is 11.0 Å². The molecule has 0 radical (unpaired) electrons. The van der Waals surface area contributed by atoms with Crippen molar-refractivity contribution in [3.63, 3.8) is 0 Å². The summed E-state index contributed by atoms with van der Waals surface area (Å²) in [4.78, 5) is 39.3. The van der Waals surface area contributed by atoms with Crippen molar-refractivity contribution in [2.75, 3.05) is 13.1 Å². The van der Waals surface area contributed by atoms with Crippen LogP contribution < -0.4 is 5.43 Å². The summed E-state index contributed by atoms with van der Waals surface area (Å²) in [6.45, 7) is 0.752. The Kier molecular flexibility index (Phi) is 3.62. The van der Waals surface area contributed by atoms with Crippen LogP contribution in [0.5, 0.6) is 0 Å². The Morgan fingerprint density at radius 2 is 1.82 bits per heavy atom. The number of hydrogen-bond donors (Lipinski definition) is 0. The van der Waals surface area contributed by atoms with Crippen LogP contribution in [0.3, 0.4) is 0 Å². The van der Waals surface area contributed by atoms with E-state index < -0.39 is 5.60 Å². The molecular weight excluding hydrogens is 358 g/mol. The number of likely N-dealkylation sites (tertiary alicyclic amines) is 1. The molecule has 140 valence electrons. The highest BCUT2D eigenvalue weighted by molar-refractivity contribution is 5.96. The second-order valence-electron chi connectivity index (χ2n) is 7.23. The smallest absolute Gasteiger partial charge is 0.339 e. The van der Waals surface area contributed by atoms with Gasteiger partial charge in [0.1, 0.15) is 5.58 Å². The Hall–Kier alpha value is -3.41. The molecule has 1 fully saturated rings. The highest BCUT2D eigenvalue weighted by Crippen LogP contribution is 2.43. The first-order chi connectivity index (χ1) is 13.6. The fraction of sp³-hybridized carbons (Fsp3) is 0.227. The van der Waals surface area contributed by atoms with E-state index in [4.69, 9.17) is 9.15 Å². The molecule has 0 bridgehead atoms. The summed E-state index contributed by atoms with van der Waals surface area (Å²) in [5.74, 6) is -0.733. The summed E-state index contributed by atoms with van der Waals surface area (Å²) in [6, 6.07) is 15.4. The Balaban J connectivity index is 1.50. The second kappa shape index (κ2) is 6.05. The number of carbonyl (C=O) groups excluding carboxylic acids is 2. The van der Waals surface area contributed by atoms with E-state index in [0.29, 0.717) is 35.9 Å². The number of piperidine rings is 1.